The summed E-state index contributed by atoms with van der Waals surface area (Å²) in [5.41, 5.74) is 4.00. The van der Waals surface area contributed by atoms with E-state index in [1.54, 1.807) is 0 Å². The lowest BCUT2D eigenvalue weighted by atomic mass is 10.1. The zero-order valence-electron chi connectivity index (χ0n) is 10.0. The Morgan fingerprint density at radius 3 is 2.80 bits per heavy atom. The molecule has 1 aromatic carbocycles. The summed E-state index contributed by atoms with van der Waals surface area (Å²) in [5.74, 6) is 0. The number of aryl methyl sites for hydroxylation is 1. The van der Waals surface area contributed by atoms with Crippen LogP contribution in [0.15, 0.2) is 18.2 Å². The van der Waals surface area contributed by atoms with Gasteiger partial charge >= 0.3 is 0 Å². The first kappa shape index (κ1) is 10.3. The molecule has 0 amide bonds. The number of hydrogen-bond acceptors (Lipinski definition) is 2. The maximum Gasteiger partial charge on any atom is 0.0610 e. The van der Waals surface area contributed by atoms with Crippen molar-refractivity contribution in [3.8, 4) is 0 Å². The molecule has 0 aromatic heterocycles. The highest BCUT2D eigenvalue weighted by atomic mass is 15.2. The Labute approximate surface area is 92.3 Å². The summed E-state index contributed by atoms with van der Waals surface area (Å²) < 4.78 is 0. The smallest absolute Gasteiger partial charge is 0.0610 e. The van der Waals surface area contributed by atoms with E-state index in [-0.39, 0.29) is 0 Å². The molecule has 0 saturated carbocycles. The van der Waals surface area contributed by atoms with Crippen molar-refractivity contribution in [1.82, 2.24) is 0 Å². The van der Waals surface area contributed by atoms with E-state index in [9.17, 15) is 0 Å². The summed E-state index contributed by atoms with van der Waals surface area (Å²) >= 11 is 0. The molecule has 82 valence electrons. The quantitative estimate of drug-likeness (QED) is 0.756. The number of benzene rings is 1. The summed E-state index contributed by atoms with van der Waals surface area (Å²) in [6.07, 6.45) is 0. The molecular weight excluding hydrogens is 184 g/mol. The van der Waals surface area contributed by atoms with Crippen molar-refractivity contribution in [3.63, 3.8) is 0 Å². The Hall–Kier alpha value is -1.18. The van der Waals surface area contributed by atoms with E-state index in [1.165, 1.54) is 16.9 Å². The van der Waals surface area contributed by atoms with Crippen LogP contribution in [0.4, 0.5) is 11.4 Å². The molecule has 0 radical (unpaired) electrons. The monoisotopic (exact) mass is 204 g/mol. The van der Waals surface area contributed by atoms with Crippen LogP contribution < -0.4 is 10.2 Å². The lowest BCUT2D eigenvalue weighted by Gasteiger charge is -2.39. The molecule has 0 aliphatic carbocycles. The third-order valence-corrected chi connectivity index (χ3v) is 3.04. The van der Waals surface area contributed by atoms with Gasteiger partial charge in [0.25, 0.3) is 0 Å². The third kappa shape index (κ3) is 1.81. The van der Waals surface area contributed by atoms with Crippen molar-refractivity contribution in [3.05, 3.63) is 23.8 Å². The lowest BCUT2D eigenvalue weighted by Crippen LogP contribution is -2.43. The summed E-state index contributed by atoms with van der Waals surface area (Å²) in [7, 11) is 0. The van der Waals surface area contributed by atoms with Crippen LogP contribution in [0.3, 0.4) is 0 Å². The number of fused-ring (bicyclic) bond motifs is 1. The van der Waals surface area contributed by atoms with Crippen LogP contribution in [0.1, 0.15) is 26.3 Å². The predicted molar refractivity (Wildman–Crippen MR) is 66.7 cm³/mol. The van der Waals surface area contributed by atoms with Gasteiger partial charge in [0.05, 0.1) is 11.4 Å². The molecule has 1 unspecified atom stereocenters. The number of nitrogens with zero attached hydrogens (tertiary/aromatic N) is 1. The van der Waals surface area contributed by atoms with Gasteiger partial charge in [0.2, 0.25) is 0 Å². The van der Waals surface area contributed by atoms with Crippen molar-refractivity contribution in [1.29, 1.82) is 0 Å². The Morgan fingerprint density at radius 1 is 1.40 bits per heavy atom. The van der Waals surface area contributed by atoms with Crippen molar-refractivity contribution >= 4 is 11.4 Å². The van der Waals surface area contributed by atoms with Crippen molar-refractivity contribution in [2.24, 2.45) is 0 Å². The van der Waals surface area contributed by atoms with E-state index in [0.717, 1.165) is 6.54 Å². The molecule has 1 heterocycles. The Balaban J connectivity index is 2.46. The van der Waals surface area contributed by atoms with Gasteiger partial charge in [-0.3, -0.25) is 0 Å². The minimum Gasteiger partial charge on any atom is -0.379 e. The second kappa shape index (κ2) is 3.76. The SMILES string of the molecule is Cc1cccc2c1NC(C)CN2C(C)C. The Kier molecular flexibility index (Phi) is 2.59. The minimum atomic E-state index is 0.529. The van der Waals surface area contributed by atoms with Gasteiger partial charge < -0.3 is 10.2 Å². The van der Waals surface area contributed by atoms with E-state index in [1.807, 2.05) is 0 Å². The van der Waals surface area contributed by atoms with Crippen molar-refractivity contribution in [2.45, 2.75) is 39.8 Å². The number of rotatable bonds is 1. The zero-order chi connectivity index (χ0) is 11.0. The first-order chi connectivity index (χ1) is 7.09. The summed E-state index contributed by atoms with van der Waals surface area (Å²) in [4.78, 5) is 2.48. The van der Waals surface area contributed by atoms with E-state index in [2.05, 4.69) is 56.1 Å². The highest BCUT2D eigenvalue weighted by Gasteiger charge is 2.23. The van der Waals surface area contributed by atoms with Crippen molar-refractivity contribution in [2.75, 3.05) is 16.8 Å². The minimum absolute atomic E-state index is 0.529. The molecule has 1 N–H and O–H groups in total. The van der Waals surface area contributed by atoms with Gasteiger partial charge in [-0.25, -0.2) is 0 Å². The van der Waals surface area contributed by atoms with Gasteiger partial charge in [0, 0.05) is 18.6 Å². The molecule has 0 fully saturated rings. The molecule has 1 atom stereocenters. The highest BCUT2D eigenvalue weighted by Crippen LogP contribution is 2.34. The van der Waals surface area contributed by atoms with Gasteiger partial charge in [-0.05, 0) is 39.3 Å². The van der Waals surface area contributed by atoms with E-state index < -0.39 is 0 Å². The molecule has 0 bridgehead atoms. The van der Waals surface area contributed by atoms with E-state index >= 15 is 0 Å². The molecule has 2 rings (SSSR count). The predicted octanol–water partition coefficient (Wildman–Crippen LogP) is 3.02. The van der Waals surface area contributed by atoms with Crippen LogP contribution in [-0.4, -0.2) is 18.6 Å². The van der Waals surface area contributed by atoms with Crippen LogP contribution >= 0.6 is 0 Å². The molecular formula is C13H20N2. The van der Waals surface area contributed by atoms with Gasteiger partial charge in [0.15, 0.2) is 0 Å². The van der Waals surface area contributed by atoms with Crippen molar-refractivity contribution < 1.29 is 0 Å². The highest BCUT2D eigenvalue weighted by molar-refractivity contribution is 5.76. The van der Waals surface area contributed by atoms with Gasteiger partial charge in [-0.1, -0.05) is 12.1 Å². The molecule has 15 heavy (non-hydrogen) atoms. The second-order valence-corrected chi connectivity index (χ2v) is 4.76. The zero-order valence-corrected chi connectivity index (χ0v) is 10.0. The van der Waals surface area contributed by atoms with Crippen LogP contribution in [0.5, 0.6) is 0 Å². The molecule has 0 saturated heterocycles. The lowest BCUT2D eigenvalue weighted by molar-refractivity contribution is 0.624. The summed E-state index contributed by atoms with van der Waals surface area (Å²) in [6, 6.07) is 7.61. The molecule has 1 aliphatic heterocycles. The third-order valence-electron chi connectivity index (χ3n) is 3.04. The van der Waals surface area contributed by atoms with Gasteiger partial charge in [-0.2, -0.15) is 0 Å². The second-order valence-electron chi connectivity index (χ2n) is 4.76. The average Bonchev–Trinajstić information content (AvgIpc) is 2.18. The van der Waals surface area contributed by atoms with Crippen LogP contribution in [-0.2, 0) is 0 Å². The molecule has 1 aliphatic rings. The normalized spacial score (nSPS) is 20.1. The number of hydrogen-bond donors (Lipinski definition) is 1. The Bertz CT molecular complexity index is 358. The van der Waals surface area contributed by atoms with Crippen LogP contribution in [0, 0.1) is 6.92 Å². The maximum atomic E-state index is 3.57. The number of nitrogens with one attached hydrogen (secondary N) is 1. The Morgan fingerprint density at radius 2 is 2.13 bits per heavy atom. The number of para-hydroxylation sites is 1. The summed E-state index contributed by atoms with van der Waals surface area (Å²) in [6.45, 7) is 10.0. The maximum absolute atomic E-state index is 3.57. The summed E-state index contributed by atoms with van der Waals surface area (Å²) in [5, 5.41) is 3.57. The van der Waals surface area contributed by atoms with E-state index in [0.29, 0.717) is 12.1 Å². The molecule has 2 heteroatoms. The first-order valence-corrected chi connectivity index (χ1v) is 5.72. The fourth-order valence-corrected chi connectivity index (χ4v) is 2.25. The van der Waals surface area contributed by atoms with E-state index in [4.69, 9.17) is 0 Å². The fourth-order valence-electron chi connectivity index (χ4n) is 2.25. The van der Waals surface area contributed by atoms with Crippen LogP contribution in [0.2, 0.25) is 0 Å². The largest absolute Gasteiger partial charge is 0.379 e. The molecule has 2 nitrogen and oxygen atoms in total. The average molecular weight is 204 g/mol. The van der Waals surface area contributed by atoms with Gasteiger partial charge in [-0.15, -0.1) is 0 Å². The fraction of sp³-hybridized carbons (Fsp3) is 0.538. The standard InChI is InChI=1S/C13H20N2/c1-9(2)15-8-11(4)14-13-10(3)6-5-7-12(13)15/h5-7,9,11,14H,8H2,1-4H3. The molecule has 1 aromatic rings. The topological polar surface area (TPSA) is 15.3 Å². The molecule has 0 spiro atoms. The van der Waals surface area contributed by atoms with Gasteiger partial charge in [0.1, 0.15) is 0 Å². The van der Waals surface area contributed by atoms with Crippen LogP contribution in [0.25, 0.3) is 0 Å². The number of anilines is 2. The first-order valence-electron chi connectivity index (χ1n) is 5.72.